The summed E-state index contributed by atoms with van der Waals surface area (Å²) in [6, 6.07) is 3.48. The number of aromatic nitrogens is 1. The number of anilines is 1. The van der Waals surface area contributed by atoms with E-state index in [1.165, 1.54) is 23.6 Å². The molecule has 2 aromatic rings. The Bertz CT molecular complexity index is 921. The molecule has 134 valence electrons. The molecule has 0 aromatic carbocycles. The summed E-state index contributed by atoms with van der Waals surface area (Å²) >= 11 is 12.9. The van der Waals surface area contributed by atoms with E-state index in [4.69, 9.17) is 27.9 Å². The number of nitriles is 1. The third-order valence-corrected chi connectivity index (χ3v) is 5.80. The van der Waals surface area contributed by atoms with Crippen molar-refractivity contribution in [3.05, 3.63) is 44.0 Å². The molecule has 0 saturated carbocycles. The van der Waals surface area contributed by atoms with Gasteiger partial charge in [-0.2, -0.15) is 5.26 Å². The maximum atomic E-state index is 12.1. The van der Waals surface area contributed by atoms with E-state index in [0.717, 1.165) is 36.1 Å². The number of ether oxygens (including phenoxy) is 1. The van der Waals surface area contributed by atoms with Gasteiger partial charge in [-0.3, -0.25) is 4.79 Å². The Morgan fingerprint density at radius 1 is 1.35 bits per heavy atom. The lowest BCUT2D eigenvalue weighted by Crippen LogP contribution is -2.21. The lowest BCUT2D eigenvalue weighted by atomic mass is 9.96. The number of aryl methyl sites for hydroxylation is 1. The Balaban J connectivity index is 1.63. The van der Waals surface area contributed by atoms with Crippen LogP contribution in [0.25, 0.3) is 0 Å². The minimum atomic E-state index is -0.739. The highest BCUT2D eigenvalue weighted by atomic mass is 35.5. The molecule has 2 heterocycles. The van der Waals surface area contributed by atoms with E-state index >= 15 is 0 Å². The van der Waals surface area contributed by atoms with Crippen LogP contribution < -0.4 is 5.32 Å². The third kappa shape index (κ3) is 3.98. The average Bonchev–Trinajstić information content (AvgIpc) is 2.98. The summed E-state index contributed by atoms with van der Waals surface area (Å²) in [5.74, 6) is -1.25. The second kappa shape index (κ2) is 8.04. The highest BCUT2D eigenvalue weighted by Crippen LogP contribution is 2.37. The molecular weight excluding hydrogens is 397 g/mol. The quantitative estimate of drug-likeness (QED) is 0.608. The number of rotatable bonds is 4. The molecule has 0 unspecified atom stereocenters. The zero-order valence-electron chi connectivity index (χ0n) is 13.5. The average molecular weight is 410 g/mol. The van der Waals surface area contributed by atoms with Crippen molar-refractivity contribution < 1.29 is 14.3 Å². The molecule has 0 radical (unpaired) electrons. The molecule has 9 heteroatoms. The van der Waals surface area contributed by atoms with Crippen LogP contribution in [0.4, 0.5) is 5.00 Å². The van der Waals surface area contributed by atoms with Gasteiger partial charge in [0.05, 0.1) is 16.1 Å². The van der Waals surface area contributed by atoms with Crippen LogP contribution in [0.15, 0.2) is 12.3 Å². The molecule has 3 rings (SSSR count). The van der Waals surface area contributed by atoms with Crippen molar-refractivity contribution in [2.75, 3.05) is 11.9 Å². The maximum absolute atomic E-state index is 12.1. The van der Waals surface area contributed by atoms with E-state index in [9.17, 15) is 14.9 Å². The minimum absolute atomic E-state index is 0.0756. The number of amides is 1. The largest absolute Gasteiger partial charge is 0.452 e. The predicted molar refractivity (Wildman–Crippen MR) is 98.8 cm³/mol. The van der Waals surface area contributed by atoms with Crippen molar-refractivity contribution in [1.29, 1.82) is 5.26 Å². The van der Waals surface area contributed by atoms with Crippen molar-refractivity contribution >= 4 is 51.4 Å². The van der Waals surface area contributed by atoms with Gasteiger partial charge in [-0.15, -0.1) is 11.3 Å². The number of pyridine rings is 1. The summed E-state index contributed by atoms with van der Waals surface area (Å²) in [7, 11) is 0. The molecule has 2 aromatic heterocycles. The molecule has 1 N–H and O–H groups in total. The molecule has 0 spiro atoms. The van der Waals surface area contributed by atoms with Crippen molar-refractivity contribution in [2.45, 2.75) is 25.7 Å². The van der Waals surface area contributed by atoms with Gasteiger partial charge in [-0.05, 0) is 37.3 Å². The number of nitrogens with one attached hydrogen (secondary N) is 1. The number of esters is 1. The normalized spacial score (nSPS) is 12.8. The van der Waals surface area contributed by atoms with Crippen molar-refractivity contribution in [3.8, 4) is 6.07 Å². The zero-order valence-corrected chi connectivity index (χ0v) is 15.8. The molecule has 1 aliphatic rings. The van der Waals surface area contributed by atoms with Crippen molar-refractivity contribution in [2.24, 2.45) is 0 Å². The summed E-state index contributed by atoms with van der Waals surface area (Å²) in [5, 5.41) is 12.7. The number of carbonyl (C=O) groups excluding carboxylic acids is 2. The van der Waals surface area contributed by atoms with Gasteiger partial charge in [0.15, 0.2) is 6.61 Å². The highest BCUT2D eigenvalue weighted by molar-refractivity contribution is 7.16. The molecule has 0 saturated heterocycles. The Morgan fingerprint density at radius 2 is 2.12 bits per heavy atom. The summed E-state index contributed by atoms with van der Waals surface area (Å²) in [4.78, 5) is 28.9. The topological polar surface area (TPSA) is 92.1 Å². The van der Waals surface area contributed by atoms with E-state index < -0.39 is 18.5 Å². The van der Waals surface area contributed by atoms with Crippen molar-refractivity contribution in [3.63, 3.8) is 0 Å². The third-order valence-electron chi connectivity index (χ3n) is 3.90. The van der Waals surface area contributed by atoms with E-state index in [1.807, 2.05) is 0 Å². The molecule has 1 amide bonds. The van der Waals surface area contributed by atoms with Gasteiger partial charge in [0.25, 0.3) is 5.91 Å². The molecule has 0 fully saturated rings. The van der Waals surface area contributed by atoms with Crippen LogP contribution in [0, 0.1) is 11.3 Å². The molecular formula is C17H13Cl2N3O3S. The molecule has 0 atom stereocenters. The number of hydrogen-bond donors (Lipinski definition) is 1. The van der Waals surface area contributed by atoms with E-state index in [1.54, 1.807) is 0 Å². The first-order valence-electron chi connectivity index (χ1n) is 7.82. The summed E-state index contributed by atoms with van der Waals surface area (Å²) < 4.78 is 4.96. The molecule has 1 aliphatic carbocycles. The second-order valence-corrected chi connectivity index (χ2v) is 7.52. The van der Waals surface area contributed by atoms with E-state index in [0.29, 0.717) is 10.6 Å². The number of halogens is 2. The van der Waals surface area contributed by atoms with E-state index in [2.05, 4.69) is 16.4 Å². The van der Waals surface area contributed by atoms with Gasteiger partial charge < -0.3 is 10.1 Å². The van der Waals surface area contributed by atoms with Crippen LogP contribution in [0.2, 0.25) is 10.2 Å². The maximum Gasteiger partial charge on any atom is 0.340 e. The molecule has 26 heavy (non-hydrogen) atoms. The van der Waals surface area contributed by atoms with Gasteiger partial charge >= 0.3 is 5.97 Å². The first-order valence-corrected chi connectivity index (χ1v) is 9.39. The highest BCUT2D eigenvalue weighted by Gasteiger charge is 2.22. The number of hydrogen-bond acceptors (Lipinski definition) is 6. The summed E-state index contributed by atoms with van der Waals surface area (Å²) in [6.07, 6.45) is 5.12. The van der Waals surface area contributed by atoms with Gasteiger partial charge in [0.2, 0.25) is 0 Å². The standard InChI is InChI=1S/C17H13Cl2N3O3S/c18-12-5-9(7-21-15(12)19)17(24)25-8-14(23)22-16-11(6-20)10-3-1-2-4-13(10)26-16/h5,7H,1-4,8H2,(H,22,23). The van der Waals surface area contributed by atoms with Crippen molar-refractivity contribution in [1.82, 2.24) is 4.98 Å². The number of fused-ring (bicyclic) bond motifs is 1. The minimum Gasteiger partial charge on any atom is -0.452 e. The van der Waals surface area contributed by atoms with Gasteiger partial charge in [-0.1, -0.05) is 23.2 Å². The van der Waals surface area contributed by atoms with Gasteiger partial charge in [0.1, 0.15) is 16.2 Å². The Hall–Kier alpha value is -2.14. The second-order valence-electron chi connectivity index (χ2n) is 5.65. The lowest BCUT2D eigenvalue weighted by Gasteiger charge is -2.09. The van der Waals surface area contributed by atoms with Crippen LogP contribution in [0.3, 0.4) is 0 Å². The lowest BCUT2D eigenvalue weighted by molar-refractivity contribution is -0.119. The van der Waals surface area contributed by atoms with E-state index in [-0.39, 0.29) is 15.7 Å². The molecule has 0 bridgehead atoms. The van der Waals surface area contributed by atoms with Crippen LogP contribution in [-0.2, 0) is 22.4 Å². The molecule has 6 nitrogen and oxygen atoms in total. The van der Waals surface area contributed by atoms with Gasteiger partial charge in [0, 0.05) is 11.1 Å². The SMILES string of the molecule is N#Cc1c(NC(=O)COC(=O)c2cnc(Cl)c(Cl)c2)sc2c1CCCC2. The smallest absolute Gasteiger partial charge is 0.340 e. The first kappa shape index (κ1) is 18.6. The Morgan fingerprint density at radius 3 is 2.85 bits per heavy atom. The number of thiophene rings is 1. The van der Waals surface area contributed by atoms with Gasteiger partial charge in [-0.25, -0.2) is 9.78 Å². The summed E-state index contributed by atoms with van der Waals surface area (Å²) in [5.41, 5.74) is 1.63. The monoisotopic (exact) mass is 409 g/mol. The first-order chi connectivity index (χ1) is 12.5. The fourth-order valence-corrected chi connectivity index (χ4v) is 4.21. The Kier molecular flexibility index (Phi) is 5.77. The van der Waals surface area contributed by atoms with Crippen LogP contribution in [0.5, 0.6) is 0 Å². The fraction of sp³-hybridized carbons (Fsp3) is 0.294. The predicted octanol–water partition coefficient (Wildman–Crippen LogP) is 4.00. The Labute approximate surface area is 163 Å². The van der Waals surface area contributed by atoms with Crippen LogP contribution in [0.1, 0.15) is 39.2 Å². The summed E-state index contributed by atoms with van der Waals surface area (Å²) in [6.45, 7) is -0.480. The van der Waals surface area contributed by atoms with Crippen LogP contribution in [-0.4, -0.2) is 23.5 Å². The number of nitrogens with zero attached hydrogens (tertiary/aromatic N) is 2. The molecule has 0 aliphatic heterocycles. The van der Waals surface area contributed by atoms with Crippen LogP contribution >= 0.6 is 34.5 Å². The fourth-order valence-electron chi connectivity index (χ4n) is 2.68. The zero-order chi connectivity index (χ0) is 18.7. The number of carbonyl (C=O) groups is 2.